The lowest BCUT2D eigenvalue weighted by molar-refractivity contribution is 0.0270. The van der Waals surface area contributed by atoms with Crippen LogP contribution in [-0.2, 0) is 4.74 Å². The number of piperidine rings is 1. The zero-order chi connectivity index (χ0) is 11.8. The van der Waals surface area contributed by atoms with Crippen molar-refractivity contribution in [2.45, 2.75) is 37.8 Å². The van der Waals surface area contributed by atoms with Crippen LogP contribution in [0.4, 0.5) is 0 Å². The summed E-state index contributed by atoms with van der Waals surface area (Å²) in [7, 11) is 1.82. The Morgan fingerprint density at radius 3 is 2.62 bits per heavy atom. The standard InChI is InChI=1S/C12H26N2OS/c1-15-12-5-7-14(8-6-12)11(10-13)4-3-9-16-2/h11-12H,3-10,13H2,1-2H3. The minimum absolute atomic E-state index is 0.473. The Balaban J connectivity index is 2.25. The van der Waals surface area contributed by atoms with Gasteiger partial charge in [-0.1, -0.05) is 0 Å². The van der Waals surface area contributed by atoms with Gasteiger partial charge in [0.2, 0.25) is 0 Å². The number of ether oxygens (including phenoxy) is 1. The summed E-state index contributed by atoms with van der Waals surface area (Å²) < 4.78 is 5.39. The fourth-order valence-electron chi connectivity index (χ4n) is 2.39. The molecule has 4 heteroatoms. The lowest BCUT2D eigenvalue weighted by atomic mass is 10.0. The first-order chi connectivity index (χ1) is 7.81. The molecule has 0 amide bonds. The normalized spacial score (nSPS) is 21.2. The van der Waals surface area contributed by atoms with Gasteiger partial charge in [-0.15, -0.1) is 0 Å². The quantitative estimate of drug-likeness (QED) is 0.692. The van der Waals surface area contributed by atoms with Gasteiger partial charge < -0.3 is 10.5 Å². The topological polar surface area (TPSA) is 38.5 Å². The van der Waals surface area contributed by atoms with E-state index in [2.05, 4.69) is 11.2 Å². The molecule has 1 fully saturated rings. The van der Waals surface area contributed by atoms with Crippen LogP contribution in [0.3, 0.4) is 0 Å². The van der Waals surface area contributed by atoms with E-state index < -0.39 is 0 Å². The van der Waals surface area contributed by atoms with E-state index in [0.29, 0.717) is 12.1 Å². The first-order valence-electron chi connectivity index (χ1n) is 6.27. The molecule has 1 unspecified atom stereocenters. The van der Waals surface area contributed by atoms with Crippen molar-refractivity contribution in [3.63, 3.8) is 0 Å². The largest absolute Gasteiger partial charge is 0.381 e. The van der Waals surface area contributed by atoms with Gasteiger partial charge in [-0.05, 0) is 37.7 Å². The van der Waals surface area contributed by atoms with Crippen molar-refractivity contribution in [3.8, 4) is 0 Å². The van der Waals surface area contributed by atoms with Crippen LogP contribution in [-0.4, -0.2) is 55.8 Å². The highest BCUT2D eigenvalue weighted by Crippen LogP contribution is 2.17. The number of rotatable bonds is 7. The summed E-state index contributed by atoms with van der Waals surface area (Å²) in [5.74, 6) is 1.25. The number of hydrogen-bond donors (Lipinski definition) is 1. The lowest BCUT2D eigenvalue weighted by Crippen LogP contribution is -2.46. The Morgan fingerprint density at radius 2 is 2.12 bits per heavy atom. The fraction of sp³-hybridized carbons (Fsp3) is 1.00. The molecule has 1 atom stereocenters. The van der Waals surface area contributed by atoms with Gasteiger partial charge >= 0.3 is 0 Å². The maximum atomic E-state index is 5.87. The van der Waals surface area contributed by atoms with Crippen molar-refractivity contribution in [3.05, 3.63) is 0 Å². The molecule has 0 saturated carbocycles. The Hall–Kier alpha value is 0.230. The van der Waals surface area contributed by atoms with Crippen LogP contribution in [0.5, 0.6) is 0 Å². The average molecular weight is 246 g/mol. The SMILES string of the molecule is COC1CCN(C(CN)CCCSC)CC1. The summed E-state index contributed by atoms with van der Waals surface area (Å²) in [6.45, 7) is 3.10. The van der Waals surface area contributed by atoms with Gasteiger partial charge in [-0.2, -0.15) is 11.8 Å². The molecule has 1 rings (SSSR count). The summed E-state index contributed by atoms with van der Waals surface area (Å²) in [4.78, 5) is 2.55. The smallest absolute Gasteiger partial charge is 0.0595 e. The van der Waals surface area contributed by atoms with Crippen molar-refractivity contribution >= 4 is 11.8 Å². The van der Waals surface area contributed by atoms with Gasteiger partial charge in [0.05, 0.1) is 6.10 Å². The summed E-state index contributed by atoms with van der Waals surface area (Å²) >= 11 is 1.93. The molecule has 0 radical (unpaired) electrons. The summed E-state index contributed by atoms with van der Waals surface area (Å²) in [5, 5.41) is 0. The van der Waals surface area contributed by atoms with E-state index >= 15 is 0 Å². The van der Waals surface area contributed by atoms with Crippen molar-refractivity contribution < 1.29 is 4.74 Å². The zero-order valence-electron chi connectivity index (χ0n) is 10.7. The number of nitrogens with zero attached hydrogens (tertiary/aromatic N) is 1. The van der Waals surface area contributed by atoms with Crippen LogP contribution >= 0.6 is 11.8 Å². The van der Waals surface area contributed by atoms with E-state index in [9.17, 15) is 0 Å². The lowest BCUT2D eigenvalue weighted by Gasteiger charge is -2.36. The molecule has 1 heterocycles. The molecular weight excluding hydrogens is 220 g/mol. The van der Waals surface area contributed by atoms with Crippen LogP contribution in [0.1, 0.15) is 25.7 Å². The van der Waals surface area contributed by atoms with Crippen molar-refractivity contribution in [2.75, 3.05) is 38.8 Å². The zero-order valence-corrected chi connectivity index (χ0v) is 11.5. The van der Waals surface area contributed by atoms with Gasteiger partial charge in [0.15, 0.2) is 0 Å². The predicted molar refractivity (Wildman–Crippen MR) is 72.1 cm³/mol. The van der Waals surface area contributed by atoms with Crippen LogP contribution < -0.4 is 5.73 Å². The van der Waals surface area contributed by atoms with Gasteiger partial charge in [0.25, 0.3) is 0 Å². The minimum Gasteiger partial charge on any atom is -0.381 e. The molecule has 0 spiro atoms. The van der Waals surface area contributed by atoms with E-state index in [1.165, 1.54) is 18.6 Å². The van der Waals surface area contributed by atoms with Crippen LogP contribution in [0.15, 0.2) is 0 Å². The third-order valence-electron chi connectivity index (χ3n) is 3.48. The molecular formula is C12H26N2OS. The highest BCUT2D eigenvalue weighted by Gasteiger charge is 2.23. The third-order valence-corrected chi connectivity index (χ3v) is 4.18. The molecule has 0 aromatic heterocycles. The molecule has 1 aliphatic rings. The number of methoxy groups -OCH3 is 1. The van der Waals surface area contributed by atoms with Crippen LogP contribution in [0.25, 0.3) is 0 Å². The van der Waals surface area contributed by atoms with Gasteiger partial charge in [-0.3, -0.25) is 4.90 Å². The predicted octanol–water partition coefficient (Wildman–Crippen LogP) is 1.57. The molecule has 0 aromatic rings. The minimum atomic E-state index is 0.473. The number of thioether (sulfide) groups is 1. The molecule has 96 valence electrons. The van der Waals surface area contributed by atoms with E-state index in [0.717, 1.165) is 32.5 Å². The number of nitrogens with two attached hydrogens (primary N) is 1. The van der Waals surface area contributed by atoms with Crippen molar-refractivity contribution in [2.24, 2.45) is 5.73 Å². The third kappa shape index (κ3) is 4.62. The van der Waals surface area contributed by atoms with E-state index in [4.69, 9.17) is 10.5 Å². The second kappa shape index (κ2) is 8.34. The molecule has 1 saturated heterocycles. The first-order valence-corrected chi connectivity index (χ1v) is 7.67. The van der Waals surface area contributed by atoms with Crippen LogP contribution in [0.2, 0.25) is 0 Å². The second-order valence-corrected chi connectivity index (χ2v) is 5.48. The maximum absolute atomic E-state index is 5.87. The molecule has 3 nitrogen and oxygen atoms in total. The van der Waals surface area contributed by atoms with Crippen LogP contribution in [0, 0.1) is 0 Å². The maximum Gasteiger partial charge on any atom is 0.0595 e. The van der Waals surface area contributed by atoms with Crippen molar-refractivity contribution in [1.29, 1.82) is 0 Å². The summed E-state index contributed by atoms with van der Waals surface area (Å²) in [6, 6.07) is 0.588. The van der Waals surface area contributed by atoms with Crippen molar-refractivity contribution in [1.82, 2.24) is 4.90 Å². The molecule has 16 heavy (non-hydrogen) atoms. The monoisotopic (exact) mass is 246 g/mol. The Morgan fingerprint density at radius 1 is 1.44 bits per heavy atom. The number of hydrogen-bond acceptors (Lipinski definition) is 4. The highest BCUT2D eigenvalue weighted by molar-refractivity contribution is 7.98. The Labute approximate surface area is 104 Å². The molecule has 0 aromatic carbocycles. The highest BCUT2D eigenvalue weighted by atomic mass is 32.2. The summed E-state index contributed by atoms with van der Waals surface area (Å²) in [5.41, 5.74) is 5.87. The molecule has 1 aliphatic heterocycles. The van der Waals surface area contributed by atoms with E-state index in [1.54, 1.807) is 0 Å². The van der Waals surface area contributed by atoms with Gasteiger partial charge in [-0.25, -0.2) is 0 Å². The second-order valence-electron chi connectivity index (χ2n) is 4.50. The molecule has 0 bridgehead atoms. The van der Waals surface area contributed by atoms with E-state index in [1.807, 2.05) is 18.9 Å². The first kappa shape index (κ1) is 14.3. The molecule has 2 N–H and O–H groups in total. The van der Waals surface area contributed by atoms with Gasteiger partial charge in [0.1, 0.15) is 0 Å². The van der Waals surface area contributed by atoms with Gasteiger partial charge in [0, 0.05) is 32.8 Å². The Bertz CT molecular complexity index is 170. The van der Waals surface area contributed by atoms with E-state index in [-0.39, 0.29) is 0 Å². The Kier molecular flexibility index (Phi) is 7.45. The number of likely N-dealkylation sites (tertiary alicyclic amines) is 1. The average Bonchev–Trinajstić information content (AvgIpc) is 2.35. The summed E-state index contributed by atoms with van der Waals surface area (Å²) in [6.07, 6.45) is 7.50. The fourth-order valence-corrected chi connectivity index (χ4v) is 2.84. The molecule has 0 aliphatic carbocycles.